The number of thiophene rings is 1. The topological polar surface area (TPSA) is 53.6 Å². The Hall–Kier alpha value is -1.18. The third-order valence-electron chi connectivity index (χ3n) is 4.93. The van der Waals surface area contributed by atoms with Crippen LogP contribution in [0.1, 0.15) is 53.4 Å². The number of hydrogen-bond donors (Lipinski definition) is 2. The van der Waals surface area contributed by atoms with E-state index < -0.39 is 0 Å². The normalized spacial score (nSPS) is 18.5. The molecule has 1 aromatic heterocycles. The SMILES string of the molecule is CCOC(=O)c1c(NC(=S)NC2CCN(C)CC2)sc2c1CCCC2. The number of hydrogen-bond acceptors (Lipinski definition) is 5. The largest absolute Gasteiger partial charge is 0.462 e. The predicted octanol–water partition coefficient (Wildman–Crippen LogP) is 3.18. The Labute approximate surface area is 159 Å². The highest BCUT2D eigenvalue weighted by atomic mass is 32.1. The van der Waals surface area contributed by atoms with Gasteiger partial charge in [0.25, 0.3) is 0 Å². The molecule has 0 radical (unpaired) electrons. The Kier molecular flexibility index (Phi) is 6.30. The first-order valence-electron chi connectivity index (χ1n) is 9.16. The van der Waals surface area contributed by atoms with Crippen molar-refractivity contribution in [3.8, 4) is 0 Å². The molecular formula is C18H27N3O2S2. The van der Waals surface area contributed by atoms with E-state index in [1.54, 1.807) is 11.3 Å². The molecule has 1 saturated heterocycles. The molecule has 0 saturated carbocycles. The van der Waals surface area contributed by atoms with Crippen molar-refractivity contribution in [3.63, 3.8) is 0 Å². The lowest BCUT2D eigenvalue weighted by atomic mass is 9.95. The molecule has 0 aromatic carbocycles. The maximum absolute atomic E-state index is 12.5. The van der Waals surface area contributed by atoms with E-state index >= 15 is 0 Å². The molecule has 2 N–H and O–H groups in total. The van der Waals surface area contributed by atoms with Gasteiger partial charge in [-0.15, -0.1) is 11.3 Å². The second kappa shape index (κ2) is 8.47. The third-order valence-corrected chi connectivity index (χ3v) is 6.36. The van der Waals surface area contributed by atoms with Crippen molar-refractivity contribution in [2.45, 2.75) is 51.5 Å². The van der Waals surface area contributed by atoms with Crippen LogP contribution in [-0.2, 0) is 17.6 Å². The zero-order valence-electron chi connectivity index (χ0n) is 15.0. The average Bonchev–Trinajstić information content (AvgIpc) is 2.95. The number of aryl methyl sites for hydroxylation is 1. The molecule has 5 nitrogen and oxygen atoms in total. The molecule has 3 rings (SSSR count). The molecular weight excluding hydrogens is 354 g/mol. The molecule has 0 amide bonds. The van der Waals surface area contributed by atoms with Crippen molar-refractivity contribution in [3.05, 3.63) is 16.0 Å². The fourth-order valence-corrected chi connectivity index (χ4v) is 5.17. The second-order valence-corrected chi connectivity index (χ2v) is 8.32. The summed E-state index contributed by atoms with van der Waals surface area (Å²) in [5, 5.41) is 8.16. The van der Waals surface area contributed by atoms with E-state index in [0.29, 0.717) is 23.3 Å². The summed E-state index contributed by atoms with van der Waals surface area (Å²) >= 11 is 7.18. The minimum absolute atomic E-state index is 0.230. The lowest BCUT2D eigenvalue weighted by Crippen LogP contribution is -2.44. The number of likely N-dealkylation sites (tertiary alicyclic amines) is 1. The summed E-state index contributed by atoms with van der Waals surface area (Å²) in [6, 6.07) is 0.400. The summed E-state index contributed by atoms with van der Waals surface area (Å²) < 4.78 is 5.29. The van der Waals surface area contributed by atoms with Crippen molar-refractivity contribution < 1.29 is 9.53 Å². The van der Waals surface area contributed by atoms with Crippen LogP contribution in [0, 0.1) is 0 Å². The van der Waals surface area contributed by atoms with E-state index in [9.17, 15) is 4.79 Å². The molecule has 138 valence electrons. The first-order chi connectivity index (χ1) is 12.1. The molecule has 0 spiro atoms. The minimum atomic E-state index is -0.230. The first-order valence-corrected chi connectivity index (χ1v) is 10.4. The maximum Gasteiger partial charge on any atom is 0.341 e. The minimum Gasteiger partial charge on any atom is -0.462 e. The fourth-order valence-electron chi connectivity index (χ4n) is 3.55. The summed E-state index contributed by atoms with van der Waals surface area (Å²) in [5.41, 5.74) is 1.87. The van der Waals surface area contributed by atoms with Gasteiger partial charge in [0.05, 0.1) is 12.2 Å². The van der Waals surface area contributed by atoms with Gasteiger partial charge in [-0.1, -0.05) is 0 Å². The monoisotopic (exact) mass is 381 g/mol. The van der Waals surface area contributed by atoms with Gasteiger partial charge in [-0.05, 0) is 83.4 Å². The summed E-state index contributed by atoms with van der Waals surface area (Å²) in [6.45, 7) is 4.40. The van der Waals surface area contributed by atoms with Crippen molar-refractivity contribution in [2.75, 3.05) is 32.1 Å². The predicted molar refractivity (Wildman–Crippen MR) is 107 cm³/mol. The molecule has 2 aliphatic rings. The molecule has 2 heterocycles. The number of carbonyl (C=O) groups excluding carboxylic acids is 1. The molecule has 0 unspecified atom stereocenters. The highest BCUT2D eigenvalue weighted by molar-refractivity contribution is 7.80. The van der Waals surface area contributed by atoms with Crippen molar-refractivity contribution in [1.82, 2.24) is 10.2 Å². The maximum atomic E-state index is 12.5. The average molecular weight is 382 g/mol. The Morgan fingerprint density at radius 1 is 1.32 bits per heavy atom. The van der Waals surface area contributed by atoms with Gasteiger partial charge in [0.2, 0.25) is 0 Å². The fraction of sp³-hybridized carbons (Fsp3) is 0.667. The van der Waals surface area contributed by atoms with E-state index in [0.717, 1.165) is 50.2 Å². The summed E-state index contributed by atoms with van der Waals surface area (Å²) in [6.07, 6.45) is 6.50. The van der Waals surface area contributed by atoms with E-state index in [4.69, 9.17) is 17.0 Å². The van der Waals surface area contributed by atoms with E-state index in [-0.39, 0.29) is 5.97 Å². The molecule has 0 atom stereocenters. The number of anilines is 1. The van der Waals surface area contributed by atoms with Crippen molar-refractivity contribution >= 4 is 39.6 Å². The van der Waals surface area contributed by atoms with Crippen LogP contribution < -0.4 is 10.6 Å². The van der Waals surface area contributed by atoms with Gasteiger partial charge in [0.15, 0.2) is 5.11 Å². The molecule has 1 aliphatic heterocycles. The van der Waals surface area contributed by atoms with Gasteiger partial charge in [0.1, 0.15) is 5.00 Å². The molecule has 1 aliphatic carbocycles. The lowest BCUT2D eigenvalue weighted by molar-refractivity contribution is 0.0526. The van der Waals surface area contributed by atoms with Crippen molar-refractivity contribution in [1.29, 1.82) is 0 Å². The van der Waals surface area contributed by atoms with Crippen LogP contribution in [-0.4, -0.2) is 48.8 Å². The number of nitrogens with zero attached hydrogens (tertiary/aromatic N) is 1. The first kappa shape index (κ1) is 18.6. The van der Waals surface area contributed by atoms with Crippen LogP contribution in [0.4, 0.5) is 5.00 Å². The standard InChI is InChI=1S/C18H27N3O2S2/c1-3-23-17(22)15-13-6-4-5-7-14(13)25-16(15)20-18(24)19-12-8-10-21(2)11-9-12/h12H,3-11H2,1-2H3,(H2,19,20,24). The number of carbonyl (C=O) groups is 1. The number of thiocarbonyl (C=S) groups is 1. The van der Waals surface area contributed by atoms with Gasteiger partial charge in [-0.25, -0.2) is 4.79 Å². The van der Waals surface area contributed by atoms with Crippen LogP contribution in [0.15, 0.2) is 0 Å². The Morgan fingerprint density at radius 2 is 2.04 bits per heavy atom. The number of nitrogens with one attached hydrogen (secondary N) is 2. The van der Waals surface area contributed by atoms with Crippen LogP contribution >= 0.6 is 23.6 Å². The second-order valence-electron chi connectivity index (χ2n) is 6.81. The third kappa shape index (κ3) is 4.51. The molecule has 1 aromatic rings. The van der Waals surface area contributed by atoms with E-state index in [1.165, 1.54) is 16.9 Å². The number of rotatable bonds is 4. The summed E-state index contributed by atoms with van der Waals surface area (Å²) in [4.78, 5) is 16.1. The number of piperidine rings is 1. The van der Waals surface area contributed by atoms with Crippen LogP contribution in [0.2, 0.25) is 0 Å². The molecule has 1 fully saturated rings. The van der Waals surface area contributed by atoms with Gasteiger partial charge >= 0.3 is 5.97 Å². The van der Waals surface area contributed by atoms with Gasteiger partial charge in [-0.3, -0.25) is 0 Å². The van der Waals surface area contributed by atoms with Gasteiger partial charge in [0, 0.05) is 10.9 Å². The van der Waals surface area contributed by atoms with Crippen LogP contribution in [0.25, 0.3) is 0 Å². The van der Waals surface area contributed by atoms with Crippen LogP contribution in [0.3, 0.4) is 0 Å². The molecule has 7 heteroatoms. The number of esters is 1. The Balaban J connectivity index is 1.71. The summed E-state index contributed by atoms with van der Waals surface area (Å²) in [5.74, 6) is -0.230. The highest BCUT2D eigenvalue weighted by Gasteiger charge is 2.27. The van der Waals surface area contributed by atoms with Gasteiger partial charge in [-0.2, -0.15) is 0 Å². The number of fused-ring (bicyclic) bond motifs is 1. The molecule has 25 heavy (non-hydrogen) atoms. The zero-order valence-corrected chi connectivity index (χ0v) is 16.7. The van der Waals surface area contributed by atoms with E-state index in [1.807, 2.05) is 6.92 Å². The smallest absolute Gasteiger partial charge is 0.341 e. The van der Waals surface area contributed by atoms with E-state index in [2.05, 4.69) is 22.6 Å². The summed E-state index contributed by atoms with van der Waals surface area (Å²) in [7, 11) is 2.15. The lowest BCUT2D eigenvalue weighted by Gasteiger charge is -2.30. The van der Waals surface area contributed by atoms with Crippen LogP contribution in [0.5, 0.6) is 0 Å². The molecule has 0 bridgehead atoms. The Bertz CT molecular complexity index is 637. The number of ether oxygens (including phenoxy) is 1. The highest BCUT2D eigenvalue weighted by Crippen LogP contribution is 2.38. The Morgan fingerprint density at radius 3 is 2.76 bits per heavy atom. The zero-order chi connectivity index (χ0) is 17.8. The van der Waals surface area contributed by atoms with Crippen molar-refractivity contribution in [2.24, 2.45) is 0 Å². The van der Waals surface area contributed by atoms with Gasteiger partial charge < -0.3 is 20.3 Å². The quantitative estimate of drug-likeness (QED) is 0.617.